The average Bonchev–Trinajstić information content (AvgIpc) is 2.96. The topological polar surface area (TPSA) is 65.0 Å². The summed E-state index contributed by atoms with van der Waals surface area (Å²) in [7, 11) is 1.57. The fourth-order valence-corrected chi connectivity index (χ4v) is 2.00. The molecule has 1 unspecified atom stereocenters. The van der Waals surface area contributed by atoms with Gasteiger partial charge in [-0.2, -0.15) is 0 Å². The zero-order valence-corrected chi connectivity index (χ0v) is 11.4. The quantitative estimate of drug-likeness (QED) is 0.808. The molecule has 5 nitrogen and oxygen atoms in total. The normalized spacial score (nSPS) is 18.4. The zero-order chi connectivity index (χ0) is 14.4. The summed E-state index contributed by atoms with van der Waals surface area (Å²) in [6.07, 6.45) is 3.59. The highest BCUT2D eigenvalue weighted by atomic mass is 16.5. The first-order valence-electron chi connectivity index (χ1n) is 6.48. The molecule has 0 radical (unpaired) electrons. The van der Waals surface area contributed by atoms with E-state index in [9.17, 15) is 4.79 Å². The van der Waals surface area contributed by atoms with E-state index in [0.29, 0.717) is 29.6 Å². The summed E-state index contributed by atoms with van der Waals surface area (Å²) in [4.78, 5) is 10.6. The number of ether oxygens (including phenoxy) is 3. The molecule has 0 saturated carbocycles. The van der Waals surface area contributed by atoms with Gasteiger partial charge in [-0.15, -0.1) is 0 Å². The maximum absolute atomic E-state index is 10.6. The molecule has 1 aromatic carbocycles. The number of hydrogen-bond donors (Lipinski definition) is 1. The maximum Gasteiger partial charge on any atom is 0.328 e. The Balaban J connectivity index is 2.10. The molecule has 0 aromatic heterocycles. The zero-order valence-electron chi connectivity index (χ0n) is 11.4. The largest absolute Gasteiger partial charge is 0.497 e. The predicted octanol–water partition coefficient (Wildman–Crippen LogP) is 2.21. The van der Waals surface area contributed by atoms with Crippen molar-refractivity contribution >= 4 is 12.0 Å². The predicted molar refractivity (Wildman–Crippen MR) is 74.1 cm³/mol. The van der Waals surface area contributed by atoms with Crippen molar-refractivity contribution in [3.8, 4) is 11.5 Å². The molecule has 5 heteroatoms. The summed E-state index contributed by atoms with van der Waals surface area (Å²) in [6, 6.07) is 5.33. The van der Waals surface area contributed by atoms with Gasteiger partial charge in [0.05, 0.1) is 20.3 Å². The molecular weight excluding hydrogens is 260 g/mol. The van der Waals surface area contributed by atoms with Gasteiger partial charge < -0.3 is 19.3 Å². The molecule has 1 atom stereocenters. The molecule has 20 heavy (non-hydrogen) atoms. The molecule has 1 fully saturated rings. The second kappa shape index (κ2) is 6.96. The van der Waals surface area contributed by atoms with Crippen molar-refractivity contribution in [2.45, 2.75) is 6.42 Å². The van der Waals surface area contributed by atoms with Gasteiger partial charge >= 0.3 is 5.97 Å². The van der Waals surface area contributed by atoms with E-state index in [4.69, 9.17) is 19.3 Å². The molecule has 1 aromatic rings. The van der Waals surface area contributed by atoms with Crippen molar-refractivity contribution in [1.82, 2.24) is 0 Å². The molecule has 1 aliphatic rings. The summed E-state index contributed by atoms with van der Waals surface area (Å²) >= 11 is 0. The average molecular weight is 278 g/mol. The van der Waals surface area contributed by atoms with E-state index >= 15 is 0 Å². The molecule has 0 spiro atoms. The Bertz CT molecular complexity index is 489. The number of aliphatic carboxylic acids is 1. The molecule has 2 rings (SSSR count). The van der Waals surface area contributed by atoms with Crippen LogP contribution in [0.3, 0.4) is 0 Å². The van der Waals surface area contributed by atoms with Crippen molar-refractivity contribution in [2.75, 3.05) is 26.9 Å². The van der Waals surface area contributed by atoms with Crippen molar-refractivity contribution in [2.24, 2.45) is 5.92 Å². The monoisotopic (exact) mass is 278 g/mol. The van der Waals surface area contributed by atoms with Crippen LogP contribution in [0.4, 0.5) is 0 Å². The van der Waals surface area contributed by atoms with Gasteiger partial charge in [-0.1, -0.05) is 0 Å². The minimum atomic E-state index is -0.997. The van der Waals surface area contributed by atoms with Gasteiger partial charge in [0.15, 0.2) is 0 Å². The molecule has 1 N–H and O–H groups in total. The first-order chi connectivity index (χ1) is 9.69. The van der Waals surface area contributed by atoms with Crippen molar-refractivity contribution in [3.05, 3.63) is 29.8 Å². The van der Waals surface area contributed by atoms with E-state index in [2.05, 4.69) is 0 Å². The third-order valence-corrected chi connectivity index (χ3v) is 3.12. The van der Waals surface area contributed by atoms with Crippen LogP contribution in [-0.2, 0) is 9.53 Å². The Morgan fingerprint density at radius 2 is 2.40 bits per heavy atom. The van der Waals surface area contributed by atoms with E-state index in [1.807, 2.05) is 0 Å². The van der Waals surface area contributed by atoms with E-state index in [1.54, 1.807) is 25.3 Å². The van der Waals surface area contributed by atoms with Crippen LogP contribution in [-0.4, -0.2) is 38.0 Å². The summed E-state index contributed by atoms with van der Waals surface area (Å²) in [5, 5.41) is 8.72. The van der Waals surface area contributed by atoms with Crippen LogP contribution < -0.4 is 9.47 Å². The van der Waals surface area contributed by atoms with Gasteiger partial charge in [0.1, 0.15) is 11.5 Å². The molecule has 0 bridgehead atoms. The lowest BCUT2D eigenvalue weighted by Gasteiger charge is -2.13. The van der Waals surface area contributed by atoms with Crippen LogP contribution in [0, 0.1) is 5.92 Å². The van der Waals surface area contributed by atoms with Gasteiger partial charge in [-0.05, 0) is 30.7 Å². The molecule has 1 saturated heterocycles. The number of carboxylic acids is 1. The first kappa shape index (κ1) is 14.4. The summed E-state index contributed by atoms with van der Waals surface area (Å²) in [6.45, 7) is 2.07. The second-order valence-corrected chi connectivity index (χ2v) is 4.62. The van der Waals surface area contributed by atoms with Gasteiger partial charge in [0, 0.05) is 24.2 Å². The highest BCUT2D eigenvalue weighted by Crippen LogP contribution is 2.26. The van der Waals surface area contributed by atoms with Crippen LogP contribution in [0.1, 0.15) is 12.0 Å². The van der Waals surface area contributed by atoms with Crippen LogP contribution in [0.5, 0.6) is 11.5 Å². The minimum absolute atomic E-state index is 0.397. The van der Waals surface area contributed by atoms with Crippen LogP contribution in [0.25, 0.3) is 6.08 Å². The molecule has 108 valence electrons. The highest BCUT2D eigenvalue weighted by Gasteiger charge is 2.16. The Hall–Kier alpha value is -2.01. The Morgan fingerprint density at radius 3 is 3.05 bits per heavy atom. The molecule has 1 aliphatic heterocycles. The second-order valence-electron chi connectivity index (χ2n) is 4.62. The molecule has 0 amide bonds. The summed E-state index contributed by atoms with van der Waals surface area (Å²) in [5.41, 5.74) is 0.686. The SMILES string of the molecule is COc1ccc(OCC2CCOC2)c(C=CC(=O)O)c1. The fraction of sp³-hybridized carbons (Fsp3) is 0.400. The number of rotatable bonds is 6. The number of benzene rings is 1. The fourth-order valence-electron chi connectivity index (χ4n) is 2.00. The van der Waals surface area contributed by atoms with Gasteiger partial charge in [-0.3, -0.25) is 0 Å². The third-order valence-electron chi connectivity index (χ3n) is 3.12. The number of carbonyl (C=O) groups is 1. The molecule has 1 heterocycles. The lowest BCUT2D eigenvalue weighted by atomic mass is 10.1. The van der Waals surface area contributed by atoms with Crippen molar-refractivity contribution in [3.63, 3.8) is 0 Å². The number of carboxylic acid groups (broad SMARTS) is 1. The van der Waals surface area contributed by atoms with Crippen molar-refractivity contribution < 1.29 is 24.1 Å². The Morgan fingerprint density at radius 1 is 1.55 bits per heavy atom. The van der Waals surface area contributed by atoms with Crippen LogP contribution >= 0.6 is 0 Å². The Kier molecular flexibility index (Phi) is 5.01. The third kappa shape index (κ3) is 3.99. The number of hydrogen-bond acceptors (Lipinski definition) is 4. The summed E-state index contributed by atoms with van der Waals surface area (Å²) < 4.78 is 16.2. The van der Waals surface area contributed by atoms with Gasteiger partial charge in [0.2, 0.25) is 0 Å². The Labute approximate surface area is 117 Å². The standard InChI is InChI=1S/C15H18O5/c1-18-13-3-4-14(12(8-13)2-5-15(16)17)20-10-11-6-7-19-9-11/h2-5,8,11H,6-7,9-10H2,1H3,(H,16,17). The smallest absolute Gasteiger partial charge is 0.328 e. The first-order valence-corrected chi connectivity index (χ1v) is 6.48. The lowest BCUT2D eigenvalue weighted by Crippen LogP contribution is -2.12. The number of methoxy groups -OCH3 is 1. The van der Waals surface area contributed by atoms with Crippen molar-refractivity contribution in [1.29, 1.82) is 0 Å². The highest BCUT2D eigenvalue weighted by molar-refractivity contribution is 5.86. The van der Waals surface area contributed by atoms with E-state index in [1.165, 1.54) is 6.08 Å². The molecular formula is C15H18O5. The lowest BCUT2D eigenvalue weighted by molar-refractivity contribution is -0.131. The maximum atomic E-state index is 10.6. The van der Waals surface area contributed by atoms with E-state index in [0.717, 1.165) is 25.7 Å². The van der Waals surface area contributed by atoms with Crippen LogP contribution in [0.2, 0.25) is 0 Å². The van der Waals surface area contributed by atoms with Gasteiger partial charge in [-0.25, -0.2) is 4.79 Å². The van der Waals surface area contributed by atoms with Crippen LogP contribution in [0.15, 0.2) is 24.3 Å². The van der Waals surface area contributed by atoms with E-state index < -0.39 is 5.97 Å². The van der Waals surface area contributed by atoms with Gasteiger partial charge in [0.25, 0.3) is 0 Å². The van der Waals surface area contributed by atoms with E-state index in [-0.39, 0.29) is 0 Å². The minimum Gasteiger partial charge on any atom is -0.497 e. The molecule has 0 aliphatic carbocycles. The summed E-state index contributed by atoms with van der Waals surface area (Å²) in [5.74, 6) is 0.707.